The number of sulfonamides is 1. The number of benzene rings is 2. The summed E-state index contributed by atoms with van der Waals surface area (Å²) in [6.45, 7) is 4.28. The normalized spacial score (nSPS) is 12.8. The number of aryl methyl sites for hydroxylation is 1. The van der Waals surface area contributed by atoms with Crippen molar-refractivity contribution >= 4 is 31.6 Å². The van der Waals surface area contributed by atoms with E-state index in [1.165, 1.54) is 12.1 Å². The zero-order valence-corrected chi connectivity index (χ0v) is 17.5. The van der Waals surface area contributed by atoms with E-state index in [1.54, 1.807) is 36.8 Å². The van der Waals surface area contributed by atoms with Gasteiger partial charge in [-0.3, -0.25) is 9.36 Å². The number of nitrogens with one attached hydrogen (secondary N) is 1. The molecule has 1 atom stereocenters. The number of nitrogens with zero attached hydrogens (tertiary/aromatic N) is 1. The van der Waals surface area contributed by atoms with Crippen LogP contribution in [0.2, 0.25) is 0 Å². The van der Waals surface area contributed by atoms with E-state index < -0.39 is 16.1 Å². The Morgan fingerprint density at radius 3 is 2.57 bits per heavy atom. The topological polar surface area (TPSA) is 86.6 Å². The van der Waals surface area contributed by atoms with Gasteiger partial charge in [0.25, 0.3) is 0 Å². The van der Waals surface area contributed by atoms with Crippen LogP contribution in [0.4, 0.5) is 0 Å². The van der Waals surface area contributed by atoms with Crippen LogP contribution < -0.4 is 19.1 Å². The molecule has 0 radical (unpaired) electrons. The van der Waals surface area contributed by atoms with Crippen molar-refractivity contribution in [3.05, 3.63) is 52.1 Å². The molecule has 3 aromatic rings. The smallest absolute Gasteiger partial charge is 0.308 e. The fraction of sp³-hybridized carbons (Fsp3) is 0.316. The Morgan fingerprint density at radius 1 is 1.18 bits per heavy atom. The van der Waals surface area contributed by atoms with Gasteiger partial charge in [-0.1, -0.05) is 23.5 Å². The van der Waals surface area contributed by atoms with Gasteiger partial charge in [0.15, 0.2) is 11.5 Å². The van der Waals surface area contributed by atoms with Gasteiger partial charge in [0.2, 0.25) is 10.0 Å². The van der Waals surface area contributed by atoms with E-state index in [0.717, 1.165) is 16.9 Å². The largest absolute Gasteiger partial charge is 0.493 e. The van der Waals surface area contributed by atoms with Gasteiger partial charge in [0.05, 0.1) is 28.3 Å². The summed E-state index contributed by atoms with van der Waals surface area (Å²) in [7, 11) is -2.20. The van der Waals surface area contributed by atoms with Crippen LogP contribution in [0.1, 0.15) is 13.8 Å². The first-order chi connectivity index (χ1) is 13.4. The molecule has 150 valence electrons. The number of methoxy groups -OCH3 is 1. The first-order valence-corrected chi connectivity index (χ1v) is 11.1. The molecule has 0 aliphatic rings. The van der Waals surface area contributed by atoms with E-state index in [1.807, 2.05) is 19.1 Å². The molecule has 0 fully saturated rings. The van der Waals surface area contributed by atoms with E-state index in [9.17, 15) is 13.2 Å². The van der Waals surface area contributed by atoms with Crippen molar-refractivity contribution in [3.63, 3.8) is 0 Å². The highest BCUT2D eigenvalue weighted by molar-refractivity contribution is 7.89. The first-order valence-electron chi connectivity index (χ1n) is 8.77. The Balaban J connectivity index is 1.74. The van der Waals surface area contributed by atoms with Crippen LogP contribution in [0.3, 0.4) is 0 Å². The lowest BCUT2D eigenvalue weighted by atomic mass is 10.3. The monoisotopic (exact) mass is 422 g/mol. The highest BCUT2D eigenvalue weighted by atomic mass is 32.2. The van der Waals surface area contributed by atoms with Crippen LogP contribution >= 0.6 is 11.3 Å². The molecule has 3 rings (SSSR count). The Bertz CT molecular complexity index is 1130. The average molecular weight is 423 g/mol. The Morgan fingerprint density at radius 2 is 1.89 bits per heavy atom. The number of ether oxygens (including phenoxy) is 2. The molecule has 0 saturated heterocycles. The van der Waals surface area contributed by atoms with Gasteiger partial charge in [0.1, 0.15) is 6.61 Å². The van der Waals surface area contributed by atoms with E-state index >= 15 is 0 Å². The molecule has 0 spiro atoms. The second kappa shape index (κ2) is 8.34. The fourth-order valence-corrected chi connectivity index (χ4v) is 5.16. The molecule has 7 nitrogen and oxygen atoms in total. The molecule has 0 unspecified atom stereocenters. The predicted octanol–water partition coefficient (Wildman–Crippen LogP) is 2.84. The molecule has 1 heterocycles. The molecule has 1 aromatic heterocycles. The Hall–Kier alpha value is -2.36. The number of thiazole rings is 1. The van der Waals surface area contributed by atoms with Crippen molar-refractivity contribution in [2.45, 2.75) is 31.3 Å². The maximum absolute atomic E-state index is 12.7. The van der Waals surface area contributed by atoms with Crippen molar-refractivity contribution < 1.29 is 17.9 Å². The summed E-state index contributed by atoms with van der Waals surface area (Å²) in [5.41, 5.74) is 0.740. The first kappa shape index (κ1) is 20.4. The molecule has 0 amide bonds. The quantitative estimate of drug-likeness (QED) is 0.603. The summed E-state index contributed by atoms with van der Waals surface area (Å²) in [6.07, 6.45) is 0. The van der Waals surface area contributed by atoms with Crippen LogP contribution in [-0.2, 0) is 16.6 Å². The van der Waals surface area contributed by atoms with Gasteiger partial charge in [0, 0.05) is 6.54 Å². The zero-order chi connectivity index (χ0) is 20.3. The van der Waals surface area contributed by atoms with E-state index in [-0.39, 0.29) is 16.4 Å². The summed E-state index contributed by atoms with van der Waals surface area (Å²) in [5, 5.41) is 0. The molecule has 2 aromatic carbocycles. The number of aromatic nitrogens is 1. The summed E-state index contributed by atoms with van der Waals surface area (Å²) >= 11 is 1.04. The van der Waals surface area contributed by atoms with Gasteiger partial charge >= 0.3 is 4.87 Å². The van der Waals surface area contributed by atoms with Crippen LogP contribution in [0, 0.1) is 0 Å². The second-order valence-corrected chi connectivity index (χ2v) is 8.93. The minimum Gasteiger partial charge on any atom is -0.493 e. The summed E-state index contributed by atoms with van der Waals surface area (Å²) in [4.78, 5) is 12.0. The molecule has 0 saturated carbocycles. The molecule has 9 heteroatoms. The maximum Gasteiger partial charge on any atom is 0.308 e. The highest BCUT2D eigenvalue weighted by Crippen LogP contribution is 2.26. The summed E-state index contributed by atoms with van der Waals surface area (Å²) < 4.78 is 41.2. The molecule has 28 heavy (non-hydrogen) atoms. The third kappa shape index (κ3) is 4.21. The molecule has 0 aliphatic heterocycles. The standard InChI is InChI=1S/C19H22N2O5S2/c1-4-21-15-10-9-14(11-18(15)27-19(21)22)28(23,24)20-13(2)12-26-17-8-6-5-7-16(17)25-3/h5-11,13,20H,4,12H2,1-3H3/t13-/m0/s1. The second-order valence-electron chi connectivity index (χ2n) is 6.23. The molecular formula is C19H22N2O5S2. The van der Waals surface area contributed by atoms with Gasteiger partial charge in [-0.15, -0.1) is 0 Å². The van der Waals surface area contributed by atoms with Crippen LogP contribution in [0.5, 0.6) is 11.5 Å². The number of hydrogen-bond donors (Lipinski definition) is 1. The summed E-state index contributed by atoms with van der Waals surface area (Å²) in [6, 6.07) is 11.4. The third-order valence-corrected chi connectivity index (χ3v) is 6.71. The van der Waals surface area contributed by atoms with Gasteiger partial charge in [-0.2, -0.15) is 0 Å². The number of para-hydroxylation sites is 2. The highest BCUT2D eigenvalue weighted by Gasteiger charge is 2.20. The SMILES string of the molecule is CCn1c(=O)sc2cc(S(=O)(=O)N[C@@H](C)COc3ccccc3OC)ccc21. The van der Waals surface area contributed by atoms with E-state index in [0.29, 0.717) is 22.7 Å². The number of fused-ring (bicyclic) bond motifs is 1. The lowest BCUT2D eigenvalue weighted by molar-refractivity contribution is 0.271. The third-order valence-electron chi connectivity index (χ3n) is 4.18. The number of rotatable bonds is 8. The molecule has 1 N–H and O–H groups in total. The fourth-order valence-electron chi connectivity index (χ4n) is 2.83. The van der Waals surface area contributed by atoms with E-state index in [4.69, 9.17) is 9.47 Å². The zero-order valence-electron chi connectivity index (χ0n) is 15.8. The van der Waals surface area contributed by atoms with E-state index in [2.05, 4.69) is 4.72 Å². The van der Waals surface area contributed by atoms with Crippen molar-refractivity contribution in [2.75, 3.05) is 13.7 Å². The van der Waals surface area contributed by atoms with Crippen LogP contribution in [0.25, 0.3) is 10.2 Å². The molecular weight excluding hydrogens is 400 g/mol. The number of hydrogen-bond acceptors (Lipinski definition) is 6. The Labute approximate surface area is 167 Å². The van der Waals surface area contributed by atoms with Crippen LogP contribution in [-0.4, -0.2) is 32.7 Å². The lowest BCUT2D eigenvalue weighted by Crippen LogP contribution is -2.36. The molecule has 0 aliphatic carbocycles. The average Bonchev–Trinajstić information content (AvgIpc) is 3.00. The minimum absolute atomic E-state index is 0.0985. The van der Waals surface area contributed by atoms with Crippen molar-refractivity contribution in [2.24, 2.45) is 0 Å². The lowest BCUT2D eigenvalue weighted by Gasteiger charge is -2.16. The molecule has 0 bridgehead atoms. The van der Waals surface area contributed by atoms with Gasteiger partial charge in [-0.25, -0.2) is 13.1 Å². The minimum atomic E-state index is -3.75. The summed E-state index contributed by atoms with van der Waals surface area (Å²) in [5.74, 6) is 1.13. The van der Waals surface area contributed by atoms with Crippen molar-refractivity contribution in [3.8, 4) is 11.5 Å². The van der Waals surface area contributed by atoms with Gasteiger partial charge < -0.3 is 9.47 Å². The van der Waals surface area contributed by atoms with Gasteiger partial charge in [-0.05, 0) is 44.2 Å². The van der Waals surface area contributed by atoms with Crippen LogP contribution in [0.15, 0.2) is 52.2 Å². The Kier molecular flexibility index (Phi) is 6.07. The van der Waals surface area contributed by atoms with Crippen molar-refractivity contribution in [1.82, 2.24) is 9.29 Å². The maximum atomic E-state index is 12.7. The predicted molar refractivity (Wildman–Crippen MR) is 110 cm³/mol. The van der Waals surface area contributed by atoms with Crippen molar-refractivity contribution in [1.29, 1.82) is 0 Å².